The fourth-order valence-electron chi connectivity index (χ4n) is 1.91. The number of nitrogens with zero attached hydrogens (tertiary/aromatic N) is 2. The highest BCUT2D eigenvalue weighted by Gasteiger charge is 2.05. The molecule has 0 atom stereocenters. The van der Waals surface area contributed by atoms with Gasteiger partial charge in [0.25, 0.3) is 0 Å². The molecular weight excluding hydrogens is 281 g/mol. The van der Waals surface area contributed by atoms with Crippen molar-refractivity contribution in [2.75, 3.05) is 11.9 Å². The van der Waals surface area contributed by atoms with Gasteiger partial charge in [0.05, 0.1) is 5.56 Å². The van der Waals surface area contributed by atoms with Gasteiger partial charge >= 0.3 is 0 Å². The van der Waals surface area contributed by atoms with Crippen LogP contribution in [0.5, 0.6) is 0 Å². The first kappa shape index (κ1) is 15.8. The maximum absolute atomic E-state index is 13.1. The number of allylic oxidation sites excluding steroid dienone is 1. The molecule has 0 aliphatic rings. The zero-order valence-corrected chi connectivity index (χ0v) is 12.4. The Morgan fingerprint density at radius 3 is 2.95 bits per heavy atom. The first-order valence-corrected chi connectivity index (χ1v) is 7.20. The monoisotopic (exact) mass is 299 g/mol. The average molecular weight is 299 g/mol. The molecule has 0 bridgehead atoms. The second-order valence-electron chi connectivity index (χ2n) is 4.80. The maximum Gasteiger partial charge on any atom is 0.155 e. The minimum atomic E-state index is -0.264. The third-order valence-electron chi connectivity index (χ3n) is 3.00. The van der Waals surface area contributed by atoms with Gasteiger partial charge < -0.3 is 5.32 Å². The Morgan fingerprint density at radius 2 is 2.23 bits per heavy atom. The summed E-state index contributed by atoms with van der Waals surface area (Å²) in [5, 5.41) is 3.11. The van der Waals surface area contributed by atoms with Gasteiger partial charge in [0.1, 0.15) is 17.5 Å². The average Bonchev–Trinajstić information content (AvgIpc) is 2.53. The fraction of sp³-hybridized carbons (Fsp3) is 0.235. The number of halogens is 1. The molecule has 1 heterocycles. The van der Waals surface area contributed by atoms with Crippen LogP contribution in [0, 0.1) is 5.82 Å². The van der Waals surface area contributed by atoms with Gasteiger partial charge in [-0.15, -0.1) is 0 Å². The van der Waals surface area contributed by atoms with Gasteiger partial charge in [-0.25, -0.2) is 14.4 Å². The zero-order chi connectivity index (χ0) is 15.8. The summed E-state index contributed by atoms with van der Waals surface area (Å²) in [4.78, 5) is 19.5. The van der Waals surface area contributed by atoms with E-state index in [4.69, 9.17) is 0 Å². The van der Waals surface area contributed by atoms with Crippen LogP contribution in [0.1, 0.15) is 35.1 Å². The summed E-state index contributed by atoms with van der Waals surface area (Å²) in [6, 6.07) is 6.35. The van der Waals surface area contributed by atoms with Gasteiger partial charge in [-0.3, -0.25) is 4.79 Å². The van der Waals surface area contributed by atoms with Gasteiger partial charge in [-0.1, -0.05) is 31.2 Å². The number of benzene rings is 1. The quantitative estimate of drug-likeness (QED) is 0.795. The van der Waals surface area contributed by atoms with Crippen molar-refractivity contribution in [3.05, 3.63) is 59.3 Å². The Morgan fingerprint density at radius 1 is 1.36 bits per heavy atom. The van der Waals surface area contributed by atoms with E-state index in [1.165, 1.54) is 18.3 Å². The Kier molecular flexibility index (Phi) is 5.77. The van der Waals surface area contributed by atoms with Gasteiger partial charge in [-0.05, 0) is 24.1 Å². The molecule has 5 heteroatoms. The van der Waals surface area contributed by atoms with Crippen molar-refractivity contribution in [3.8, 4) is 0 Å². The highest BCUT2D eigenvalue weighted by molar-refractivity contribution is 5.81. The summed E-state index contributed by atoms with van der Waals surface area (Å²) < 4.78 is 13.1. The molecule has 1 N–H and O–H groups in total. The van der Waals surface area contributed by atoms with Crippen LogP contribution >= 0.6 is 0 Å². The van der Waals surface area contributed by atoms with Crippen molar-refractivity contribution >= 4 is 18.2 Å². The van der Waals surface area contributed by atoms with Crippen LogP contribution in [0.15, 0.2) is 36.5 Å². The van der Waals surface area contributed by atoms with E-state index < -0.39 is 0 Å². The Balaban J connectivity index is 2.07. The number of nitrogens with one attached hydrogen (secondary N) is 1. The van der Waals surface area contributed by atoms with E-state index in [9.17, 15) is 9.18 Å². The normalized spacial score (nSPS) is 10.8. The Labute approximate surface area is 129 Å². The van der Waals surface area contributed by atoms with Gasteiger partial charge in [0.2, 0.25) is 0 Å². The van der Waals surface area contributed by atoms with E-state index in [1.807, 2.05) is 25.1 Å². The van der Waals surface area contributed by atoms with Crippen LogP contribution in [0.4, 0.5) is 10.2 Å². The van der Waals surface area contributed by atoms with Crippen molar-refractivity contribution in [2.24, 2.45) is 0 Å². The molecule has 0 aliphatic carbocycles. The molecule has 0 aliphatic heterocycles. The molecule has 0 amide bonds. The third-order valence-corrected chi connectivity index (χ3v) is 3.00. The number of aldehydes is 1. The number of aromatic nitrogens is 2. The molecule has 1 aromatic carbocycles. The molecule has 22 heavy (non-hydrogen) atoms. The molecule has 0 saturated heterocycles. The maximum atomic E-state index is 13.1. The lowest BCUT2D eigenvalue weighted by Crippen LogP contribution is -2.08. The highest BCUT2D eigenvalue weighted by Crippen LogP contribution is 2.11. The topological polar surface area (TPSA) is 54.9 Å². The summed E-state index contributed by atoms with van der Waals surface area (Å²) in [6.45, 7) is 2.79. The SMILES string of the molecule is CCCNc1nc(C/C=C/c2cccc(F)c2)ncc1C=O. The summed E-state index contributed by atoms with van der Waals surface area (Å²) >= 11 is 0. The summed E-state index contributed by atoms with van der Waals surface area (Å²) in [5.74, 6) is 0.901. The summed E-state index contributed by atoms with van der Waals surface area (Å²) in [5.41, 5.74) is 1.24. The zero-order valence-electron chi connectivity index (χ0n) is 12.4. The lowest BCUT2D eigenvalue weighted by molar-refractivity contribution is 0.112. The molecule has 2 rings (SSSR count). The fourth-order valence-corrected chi connectivity index (χ4v) is 1.91. The van der Waals surface area contributed by atoms with Crippen molar-refractivity contribution < 1.29 is 9.18 Å². The smallest absolute Gasteiger partial charge is 0.155 e. The van der Waals surface area contributed by atoms with Gasteiger partial charge in [0.15, 0.2) is 6.29 Å². The third kappa shape index (κ3) is 4.48. The van der Waals surface area contributed by atoms with Crippen LogP contribution in [-0.2, 0) is 6.42 Å². The Bertz CT molecular complexity index is 671. The van der Waals surface area contributed by atoms with Crippen LogP contribution < -0.4 is 5.32 Å². The largest absolute Gasteiger partial charge is 0.369 e. The predicted octanol–water partition coefficient (Wildman–Crippen LogP) is 3.51. The van der Waals surface area contributed by atoms with E-state index in [1.54, 1.807) is 6.07 Å². The van der Waals surface area contributed by atoms with Crippen molar-refractivity contribution in [1.29, 1.82) is 0 Å². The number of anilines is 1. The molecule has 0 saturated carbocycles. The molecule has 1 aromatic heterocycles. The molecule has 0 unspecified atom stereocenters. The van der Waals surface area contributed by atoms with E-state index in [2.05, 4.69) is 15.3 Å². The van der Waals surface area contributed by atoms with Gasteiger partial charge in [-0.2, -0.15) is 0 Å². The molecule has 114 valence electrons. The molecule has 4 nitrogen and oxygen atoms in total. The minimum absolute atomic E-state index is 0.264. The highest BCUT2D eigenvalue weighted by atomic mass is 19.1. The first-order chi connectivity index (χ1) is 10.7. The predicted molar refractivity (Wildman–Crippen MR) is 85.3 cm³/mol. The number of hydrogen-bond donors (Lipinski definition) is 1. The Hall–Kier alpha value is -2.56. The molecular formula is C17H18FN3O. The number of carbonyl (C=O) groups is 1. The molecule has 2 aromatic rings. The van der Waals surface area contributed by atoms with Crippen molar-refractivity contribution in [1.82, 2.24) is 9.97 Å². The number of hydrogen-bond acceptors (Lipinski definition) is 4. The molecule has 0 spiro atoms. The standard InChI is InChI=1S/C17H18FN3O/c1-2-9-19-17-14(12-22)11-20-16(21-17)8-4-6-13-5-3-7-15(18)10-13/h3-7,10-12H,2,8-9H2,1H3,(H,19,20,21)/b6-4+. The van der Waals surface area contributed by atoms with Crippen molar-refractivity contribution in [2.45, 2.75) is 19.8 Å². The van der Waals surface area contributed by atoms with E-state index in [0.717, 1.165) is 24.8 Å². The lowest BCUT2D eigenvalue weighted by atomic mass is 10.2. The molecule has 0 radical (unpaired) electrons. The van der Waals surface area contributed by atoms with E-state index >= 15 is 0 Å². The first-order valence-electron chi connectivity index (χ1n) is 7.20. The lowest BCUT2D eigenvalue weighted by Gasteiger charge is -2.07. The number of rotatable bonds is 7. The van der Waals surface area contributed by atoms with E-state index in [0.29, 0.717) is 23.6 Å². The van der Waals surface area contributed by atoms with Gasteiger partial charge in [0, 0.05) is 19.2 Å². The van der Waals surface area contributed by atoms with Crippen LogP contribution in [0.3, 0.4) is 0 Å². The van der Waals surface area contributed by atoms with Crippen molar-refractivity contribution in [3.63, 3.8) is 0 Å². The van der Waals surface area contributed by atoms with Crippen LogP contribution in [0.2, 0.25) is 0 Å². The van der Waals surface area contributed by atoms with Crippen LogP contribution in [0.25, 0.3) is 6.08 Å². The summed E-state index contributed by atoms with van der Waals surface area (Å²) in [7, 11) is 0. The molecule has 0 fully saturated rings. The van der Waals surface area contributed by atoms with E-state index in [-0.39, 0.29) is 5.82 Å². The van der Waals surface area contributed by atoms with Crippen LogP contribution in [-0.4, -0.2) is 22.8 Å². The second-order valence-corrected chi connectivity index (χ2v) is 4.80. The second kappa shape index (κ2) is 8.02. The summed E-state index contributed by atoms with van der Waals surface area (Å²) in [6.07, 6.45) is 7.40. The number of carbonyl (C=O) groups excluding carboxylic acids is 1. The minimum Gasteiger partial charge on any atom is -0.369 e.